The number of amides is 1. The van der Waals surface area contributed by atoms with E-state index in [1.54, 1.807) is 4.90 Å². The molecule has 0 radical (unpaired) electrons. The molecule has 0 saturated carbocycles. The van der Waals surface area contributed by atoms with Gasteiger partial charge in [0.1, 0.15) is 6.04 Å². The predicted octanol–water partition coefficient (Wildman–Crippen LogP) is -0.255. The lowest BCUT2D eigenvalue weighted by Gasteiger charge is -2.17. The van der Waals surface area contributed by atoms with Crippen molar-refractivity contribution in [2.45, 2.75) is 25.8 Å². The van der Waals surface area contributed by atoms with Gasteiger partial charge < -0.3 is 15.4 Å². The standard InChI is InChI=1S/C10H18N2O3/c1-7-5-9(13)12(6-7)4-3-8(11)10(14)15-2/h7-8H,3-6,11H2,1-2H3. The smallest absolute Gasteiger partial charge is 0.322 e. The van der Waals surface area contributed by atoms with Gasteiger partial charge in [0.2, 0.25) is 5.91 Å². The number of nitrogens with zero attached hydrogens (tertiary/aromatic N) is 1. The lowest BCUT2D eigenvalue weighted by Crippen LogP contribution is -2.36. The van der Waals surface area contributed by atoms with E-state index < -0.39 is 12.0 Å². The Bertz CT molecular complexity index is 255. The van der Waals surface area contributed by atoms with Gasteiger partial charge in [-0.1, -0.05) is 6.92 Å². The average molecular weight is 214 g/mol. The van der Waals surface area contributed by atoms with Crippen molar-refractivity contribution in [3.8, 4) is 0 Å². The van der Waals surface area contributed by atoms with E-state index in [1.807, 2.05) is 6.92 Å². The molecule has 2 unspecified atom stereocenters. The van der Waals surface area contributed by atoms with Gasteiger partial charge in [0.15, 0.2) is 0 Å². The fraction of sp³-hybridized carbons (Fsp3) is 0.800. The summed E-state index contributed by atoms with van der Waals surface area (Å²) in [6, 6.07) is -0.626. The van der Waals surface area contributed by atoms with E-state index >= 15 is 0 Å². The van der Waals surface area contributed by atoms with Crippen molar-refractivity contribution in [2.24, 2.45) is 11.7 Å². The molecule has 0 aliphatic carbocycles. The molecule has 1 fully saturated rings. The summed E-state index contributed by atoms with van der Waals surface area (Å²) < 4.78 is 4.51. The molecular formula is C10H18N2O3. The van der Waals surface area contributed by atoms with E-state index in [0.717, 1.165) is 6.54 Å². The minimum absolute atomic E-state index is 0.152. The van der Waals surface area contributed by atoms with Crippen LogP contribution in [0.1, 0.15) is 19.8 Å². The number of carbonyl (C=O) groups is 2. The molecule has 1 aliphatic heterocycles. The zero-order valence-electron chi connectivity index (χ0n) is 9.23. The molecule has 1 amide bonds. The molecule has 5 heteroatoms. The summed E-state index contributed by atoms with van der Waals surface area (Å²) in [4.78, 5) is 24.2. The number of hydrogen-bond donors (Lipinski definition) is 1. The van der Waals surface area contributed by atoms with Gasteiger partial charge in [0, 0.05) is 19.5 Å². The minimum atomic E-state index is -0.626. The van der Waals surface area contributed by atoms with Gasteiger partial charge in [-0.2, -0.15) is 0 Å². The van der Waals surface area contributed by atoms with Crippen LogP contribution in [0.3, 0.4) is 0 Å². The van der Waals surface area contributed by atoms with Gasteiger partial charge in [-0.15, -0.1) is 0 Å². The Balaban J connectivity index is 2.31. The number of likely N-dealkylation sites (tertiary alicyclic amines) is 1. The van der Waals surface area contributed by atoms with E-state index in [-0.39, 0.29) is 5.91 Å². The van der Waals surface area contributed by atoms with Crippen molar-refractivity contribution in [3.63, 3.8) is 0 Å². The van der Waals surface area contributed by atoms with Gasteiger partial charge in [-0.3, -0.25) is 9.59 Å². The second kappa shape index (κ2) is 5.11. The summed E-state index contributed by atoms with van der Waals surface area (Å²) in [7, 11) is 1.31. The van der Waals surface area contributed by atoms with Gasteiger partial charge in [0.05, 0.1) is 7.11 Å². The SMILES string of the molecule is COC(=O)C(N)CCN1CC(C)CC1=O. The molecule has 0 aromatic heterocycles. The number of nitrogens with two attached hydrogens (primary N) is 1. The van der Waals surface area contributed by atoms with E-state index in [2.05, 4.69) is 4.74 Å². The van der Waals surface area contributed by atoms with Gasteiger partial charge >= 0.3 is 5.97 Å². The van der Waals surface area contributed by atoms with E-state index in [4.69, 9.17) is 5.73 Å². The normalized spacial score (nSPS) is 23.0. The van der Waals surface area contributed by atoms with Crippen LogP contribution in [0.5, 0.6) is 0 Å². The minimum Gasteiger partial charge on any atom is -0.468 e. The van der Waals surface area contributed by atoms with Crippen molar-refractivity contribution in [3.05, 3.63) is 0 Å². The van der Waals surface area contributed by atoms with Crippen molar-refractivity contribution in [2.75, 3.05) is 20.2 Å². The van der Waals surface area contributed by atoms with Crippen LogP contribution >= 0.6 is 0 Å². The second-order valence-corrected chi connectivity index (χ2v) is 4.07. The quantitative estimate of drug-likeness (QED) is 0.655. The largest absolute Gasteiger partial charge is 0.468 e. The van der Waals surface area contributed by atoms with E-state index in [9.17, 15) is 9.59 Å². The summed E-state index contributed by atoms with van der Waals surface area (Å²) >= 11 is 0. The first-order valence-electron chi connectivity index (χ1n) is 5.15. The Hall–Kier alpha value is -1.10. The number of hydrogen-bond acceptors (Lipinski definition) is 4. The van der Waals surface area contributed by atoms with Crippen molar-refractivity contribution in [1.29, 1.82) is 0 Å². The number of esters is 1. The molecule has 86 valence electrons. The molecule has 0 spiro atoms. The molecule has 0 bridgehead atoms. The monoisotopic (exact) mass is 214 g/mol. The maximum Gasteiger partial charge on any atom is 0.322 e. The predicted molar refractivity (Wildman–Crippen MR) is 55.0 cm³/mol. The Morgan fingerprint density at radius 1 is 1.73 bits per heavy atom. The molecule has 1 heterocycles. The molecule has 0 aromatic rings. The first-order chi connectivity index (χ1) is 7.04. The molecule has 1 saturated heterocycles. The van der Waals surface area contributed by atoms with Gasteiger partial charge in [-0.05, 0) is 12.3 Å². The molecular weight excluding hydrogens is 196 g/mol. The number of rotatable bonds is 4. The third-order valence-corrected chi connectivity index (χ3v) is 2.62. The Labute approximate surface area is 89.6 Å². The van der Waals surface area contributed by atoms with E-state index in [1.165, 1.54) is 7.11 Å². The van der Waals surface area contributed by atoms with Crippen LogP contribution in [0.4, 0.5) is 0 Å². The van der Waals surface area contributed by atoms with Crippen LogP contribution in [-0.4, -0.2) is 43.0 Å². The molecule has 15 heavy (non-hydrogen) atoms. The van der Waals surface area contributed by atoms with Crippen molar-refractivity contribution in [1.82, 2.24) is 4.90 Å². The fourth-order valence-corrected chi connectivity index (χ4v) is 1.75. The first-order valence-corrected chi connectivity index (χ1v) is 5.15. The topological polar surface area (TPSA) is 72.6 Å². The van der Waals surface area contributed by atoms with Crippen molar-refractivity contribution >= 4 is 11.9 Å². The maximum absolute atomic E-state index is 11.4. The van der Waals surface area contributed by atoms with Crippen molar-refractivity contribution < 1.29 is 14.3 Å². The highest BCUT2D eigenvalue weighted by atomic mass is 16.5. The average Bonchev–Trinajstić information content (AvgIpc) is 2.52. The third kappa shape index (κ3) is 3.20. The zero-order chi connectivity index (χ0) is 11.4. The summed E-state index contributed by atoms with van der Waals surface area (Å²) in [5.41, 5.74) is 5.57. The summed E-state index contributed by atoms with van der Waals surface area (Å²) in [6.45, 7) is 3.35. The van der Waals surface area contributed by atoms with Crippen LogP contribution in [0.25, 0.3) is 0 Å². The zero-order valence-corrected chi connectivity index (χ0v) is 9.23. The molecule has 2 atom stereocenters. The molecule has 1 aliphatic rings. The lowest BCUT2D eigenvalue weighted by molar-refractivity contribution is -0.142. The third-order valence-electron chi connectivity index (χ3n) is 2.62. The van der Waals surface area contributed by atoms with Gasteiger partial charge in [0.25, 0.3) is 0 Å². The van der Waals surface area contributed by atoms with E-state index in [0.29, 0.717) is 25.3 Å². The van der Waals surface area contributed by atoms with Crippen LogP contribution in [0, 0.1) is 5.92 Å². The number of ether oxygens (including phenoxy) is 1. The Morgan fingerprint density at radius 2 is 2.40 bits per heavy atom. The maximum atomic E-state index is 11.4. The summed E-state index contributed by atoms with van der Waals surface area (Å²) in [6.07, 6.45) is 1.07. The first kappa shape index (κ1) is 12.0. The molecule has 2 N–H and O–H groups in total. The highest BCUT2D eigenvalue weighted by molar-refractivity contribution is 5.79. The highest BCUT2D eigenvalue weighted by Crippen LogP contribution is 2.16. The highest BCUT2D eigenvalue weighted by Gasteiger charge is 2.27. The summed E-state index contributed by atoms with van der Waals surface area (Å²) in [5, 5.41) is 0. The molecule has 1 rings (SSSR count). The number of carbonyl (C=O) groups excluding carboxylic acids is 2. The fourth-order valence-electron chi connectivity index (χ4n) is 1.75. The lowest BCUT2D eigenvalue weighted by atomic mass is 10.2. The van der Waals surface area contributed by atoms with Crippen LogP contribution < -0.4 is 5.73 Å². The number of methoxy groups -OCH3 is 1. The molecule has 5 nitrogen and oxygen atoms in total. The Kier molecular flexibility index (Phi) is 4.08. The second-order valence-electron chi connectivity index (χ2n) is 4.07. The van der Waals surface area contributed by atoms with Crippen LogP contribution in [0.2, 0.25) is 0 Å². The summed E-state index contributed by atoms with van der Waals surface area (Å²) in [5.74, 6) is 0.140. The van der Waals surface area contributed by atoms with Crippen LogP contribution in [-0.2, 0) is 14.3 Å². The molecule has 0 aromatic carbocycles. The van der Waals surface area contributed by atoms with Crippen LogP contribution in [0.15, 0.2) is 0 Å². The van der Waals surface area contributed by atoms with Gasteiger partial charge in [-0.25, -0.2) is 0 Å². The Morgan fingerprint density at radius 3 is 2.87 bits per heavy atom.